The molecule has 0 unspecified atom stereocenters. The quantitative estimate of drug-likeness (QED) is 0.488. The molecule has 0 bridgehead atoms. The summed E-state index contributed by atoms with van der Waals surface area (Å²) in [5.41, 5.74) is 5.21. The van der Waals surface area contributed by atoms with Gasteiger partial charge in [0.15, 0.2) is 0 Å². The number of carbonyl (C=O) groups is 1. The molecule has 0 atom stereocenters. The zero-order chi connectivity index (χ0) is 13.3. The SMILES string of the molecule is CCN(CC(=O)NC)S(=O)(=O)CCOCCN. The van der Waals surface area contributed by atoms with Crippen molar-refractivity contribution < 1.29 is 17.9 Å². The molecule has 8 heteroatoms. The number of hydrogen-bond donors (Lipinski definition) is 2. The van der Waals surface area contributed by atoms with Crippen LogP contribution < -0.4 is 11.1 Å². The van der Waals surface area contributed by atoms with E-state index in [2.05, 4.69) is 5.32 Å². The number of hydrogen-bond acceptors (Lipinski definition) is 5. The lowest BCUT2D eigenvalue weighted by atomic mass is 10.5. The summed E-state index contributed by atoms with van der Waals surface area (Å²) in [6, 6.07) is 0. The number of rotatable bonds is 9. The minimum Gasteiger partial charge on any atom is -0.379 e. The van der Waals surface area contributed by atoms with E-state index >= 15 is 0 Å². The van der Waals surface area contributed by atoms with Crippen molar-refractivity contribution in [3.05, 3.63) is 0 Å². The van der Waals surface area contributed by atoms with Crippen molar-refractivity contribution in [3.8, 4) is 0 Å². The summed E-state index contributed by atoms with van der Waals surface area (Å²) in [4.78, 5) is 11.1. The molecule has 0 fully saturated rings. The molecule has 0 aliphatic heterocycles. The molecule has 0 aliphatic rings. The van der Waals surface area contributed by atoms with Crippen molar-refractivity contribution in [3.63, 3.8) is 0 Å². The molecule has 17 heavy (non-hydrogen) atoms. The zero-order valence-electron chi connectivity index (χ0n) is 10.3. The molecule has 0 aromatic carbocycles. The van der Waals surface area contributed by atoms with Gasteiger partial charge in [0.25, 0.3) is 0 Å². The Bertz CT molecular complexity index is 318. The first kappa shape index (κ1) is 16.3. The Balaban J connectivity index is 4.28. The van der Waals surface area contributed by atoms with Crippen LogP contribution in [0, 0.1) is 0 Å². The van der Waals surface area contributed by atoms with Crippen LogP contribution in [-0.4, -0.2) is 64.3 Å². The van der Waals surface area contributed by atoms with Gasteiger partial charge in [-0.25, -0.2) is 8.42 Å². The van der Waals surface area contributed by atoms with Crippen molar-refractivity contribution in [1.29, 1.82) is 0 Å². The normalized spacial score (nSPS) is 11.8. The van der Waals surface area contributed by atoms with Crippen molar-refractivity contribution in [1.82, 2.24) is 9.62 Å². The van der Waals surface area contributed by atoms with E-state index in [4.69, 9.17) is 10.5 Å². The first-order valence-electron chi connectivity index (χ1n) is 5.44. The van der Waals surface area contributed by atoms with E-state index in [0.717, 1.165) is 4.31 Å². The molecule has 0 spiro atoms. The average Bonchev–Trinajstić information content (AvgIpc) is 2.31. The maximum absolute atomic E-state index is 11.8. The monoisotopic (exact) mass is 267 g/mol. The maximum Gasteiger partial charge on any atom is 0.235 e. The molecule has 0 rings (SSSR count). The molecule has 3 N–H and O–H groups in total. The van der Waals surface area contributed by atoms with Crippen LogP contribution in [0.15, 0.2) is 0 Å². The molecule has 1 amide bonds. The molecule has 102 valence electrons. The Morgan fingerprint density at radius 3 is 2.53 bits per heavy atom. The Morgan fingerprint density at radius 2 is 2.06 bits per heavy atom. The highest BCUT2D eigenvalue weighted by Crippen LogP contribution is 2.01. The summed E-state index contributed by atoms with van der Waals surface area (Å²) in [6.07, 6.45) is 0. The minimum absolute atomic E-state index is 0.0871. The van der Waals surface area contributed by atoms with Gasteiger partial charge in [0.05, 0.1) is 25.5 Å². The number of sulfonamides is 1. The molecule has 0 saturated heterocycles. The standard InChI is InChI=1S/C9H21N3O4S/c1-3-12(8-9(13)11-2)17(14,15)7-6-16-5-4-10/h3-8,10H2,1-2H3,(H,11,13). The second kappa shape index (κ2) is 8.40. The topological polar surface area (TPSA) is 102 Å². The number of nitrogens with two attached hydrogens (primary N) is 1. The molecule has 7 nitrogen and oxygen atoms in total. The molecule has 0 aromatic rings. The van der Waals surface area contributed by atoms with Crippen LogP contribution in [0.25, 0.3) is 0 Å². The largest absolute Gasteiger partial charge is 0.379 e. The molecule has 0 aromatic heterocycles. The van der Waals surface area contributed by atoms with Crippen molar-refractivity contribution in [2.24, 2.45) is 5.73 Å². The van der Waals surface area contributed by atoms with Gasteiger partial charge in [-0.1, -0.05) is 6.92 Å². The van der Waals surface area contributed by atoms with Gasteiger partial charge in [-0.3, -0.25) is 4.79 Å². The Hall–Kier alpha value is -0.700. The van der Waals surface area contributed by atoms with Gasteiger partial charge in [0, 0.05) is 20.1 Å². The molecular formula is C9H21N3O4S. The van der Waals surface area contributed by atoms with Gasteiger partial charge in [0.1, 0.15) is 0 Å². The third-order valence-electron chi connectivity index (χ3n) is 2.09. The van der Waals surface area contributed by atoms with E-state index in [-0.39, 0.29) is 31.4 Å². The summed E-state index contributed by atoms with van der Waals surface area (Å²) < 4.78 is 29.8. The summed E-state index contributed by atoms with van der Waals surface area (Å²) >= 11 is 0. The molecule has 0 radical (unpaired) electrons. The van der Waals surface area contributed by atoms with Gasteiger partial charge in [-0.15, -0.1) is 0 Å². The first-order valence-corrected chi connectivity index (χ1v) is 7.05. The number of likely N-dealkylation sites (N-methyl/N-ethyl adjacent to an activating group) is 2. The number of ether oxygens (including phenoxy) is 1. The van der Waals surface area contributed by atoms with Crippen molar-refractivity contribution in [2.75, 3.05) is 45.6 Å². The Kier molecular flexibility index (Phi) is 8.05. The third kappa shape index (κ3) is 6.57. The maximum atomic E-state index is 11.8. The number of nitrogens with one attached hydrogen (secondary N) is 1. The summed E-state index contributed by atoms with van der Waals surface area (Å²) in [7, 11) is -1.99. The molecule has 0 saturated carbocycles. The van der Waals surface area contributed by atoms with Gasteiger partial charge in [-0.05, 0) is 0 Å². The van der Waals surface area contributed by atoms with E-state index in [1.807, 2.05) is 0 Å². The fraction of sp³-hybridized carbons (Fsp3) is 0.889. The van der Waals surface area contributed by atoms with Crippen LogP contribution in [0.4, 0.5) is 0 Å². The number of nitrogens with zero attached hydrogens (tertiary/aromatic N) is 1. The van der Waals surface area contributed by atoms with Crippen LogP contribution in [0.5, 0.6) is 0 Å². The average molecular weight is 267 g/mol. The summed E-state index contributed by atoms with van der Waals surface area (Å²) in [6.45, 7) is 2.55. The lowest BCUT2D eigenvalue weighted by Gasteiger charge is -2.19. The minimum atomic E-state index is -3.45. The highest BCUT2D eigenvalue weighted by Gasteiger charge is 2.22. The van der Waals surface area contributed by atoms with E-state index in [1.54, 1.807) is 6.92 Å². The predicted molar refractivity (Wildman–Crippen MR) is 65.0 cm³/mol. The van der Waals surface area contributed by atoms with Crippen LogP contribution in [0.3, 0.4) is 0 Å². The highest BCUT2D eigenvalue weighted by atomic mass is 32.2. The fourth-order valence-corrected chi connectivity index (χ4v) is 2.42. The van der Waals surface area contributed by atoms with Crippen LogP contribution >= 0.6 is 0 Å². The zero-order valence-corrected chi connectivity index (χ0v) is 11.1. The van der Waals surface area contributed by atoms with Crippen molar-refractivity contribution in [2.45, 2.75) is 6.92 Å². The first-order chi connectivity index (χ1) is 7.97. The summed E-state index contributed by atoms with van der Waals surface area (Å²) in [5.74, 6) is -0.476. The van der Waals surface area contributed by atoms with Gasteiger partial charge >= 0.3 is 0 Å². The number of carbonyl (C=O) groups excluding carboxylic acids is 1. The van der Waals surface area contributed by atoms with Crippen molar-refractivity contribution >= 4 is 15.9 Å². The van der Waals surface area contributed by atoms with Crippen LogP contribution in [0.1, 0.15) is 6.92 Å². The highest BCUT2D eigenvalue weighted by molar-refractivity contribution is 7.89. The second-order valence-corrected chi connectivity index (χ2v) is 5.40. The van der Waals surface area contributed by atoms with Crippen LogP contribution in [-0.2, 0) is 19.6 Å². The van der Waals surface area contributed by atoms with E-state index in [1.165, 1.54) is 7.05 Å². The second-order valence-electron chi connectivity index (χ2n) is 3.32. The van der Waals surface area contributed by atoms with Gasteiger partial charge in [-0.2, -0.15) is 4.31 Å². The van der Waals surface area contributed by atoms with Gasteiger partial charge < -0.3 is 15.8 Å². The number of amides is 1. The molecule has 0 heterocycles. The summed E-state index contributed by atoms with van der Waals surface area (Å²) in [5, 5.41) is 2.39. The third-order valence-corrected chi connectivity index (χ3v) is 3.95. The fourth-order valence-electron chi connectivity index (χ4n) is 1.12. The lowest BCUT2D eigenvalue weighted by Crippen LogP contribution is -2.41. The van der Waals surface area contributed by atoms with Crippen LogP contribution in [0.2, 0.25) is 0 Å². The lowest BCUT2D eigenvalue weighted by molar-refractivity contribution is -0.120. The molecular weight excluding hydrogens is 246 g/mol. The van der Waals surface area contributed by atoms with E-state index < -0.39 is 10.0 Å². The Morgan fingerprint density at radius 1 is 1.41 bits per heavy atom. The van der Waals surface area contributed by atoms with Gasteiger partial charge in [0.2, 0.25) is 15.9 Å². The van der Waals surface area contributed by atoms with E-state index in [9.17, 15) is 13.2 Å². The molecule has 0 aliphatic carbocycles. The van der Waals surface area contributed by atoms with E-state index in [0.29, 0.717) is 13.2 Å². The Labute approximate surface area is 102 Å². The smallest absolute Gasteiger partial charge is 0.235 e. The predicted octanol–water partition coefficient (Wildman–Crippen LogP) is -1.64.